The molecule has 0 heterocycles. The molecule has 0 amide bonds. The molecule has 0 bridgehead atoms. The molecule has 3 rings (SSSR count). The molecule has 0 heteroatoms. The number of hydrogen-bond acceptors (Lipinski definition) is 0. The van der Waals surface area contributed by atoms with E-state index >= 15 is 0 Å². The summed E-state index contributed by atoms with van der Waals surface area (Å²) >= 11 is 0. The fraction of sp³-hybridized carbons (Fsp3) is 0.333. The summed E-state index contributed by atoms with van der Waals surface area (Å²) in [5.74, 6) is 0.474. The predicted molar refractivity (Wildman–Crippen MR) is 98.8 cm³/mol. The zero-order valence-corrected chi connectivity index (χ0v) is 13.4. The minimum atomic E-state index is 0. The van der Waals surface area contributed by atoms with Crippen LogP contribution in [0.2, 0.25) is 0 Å². The molecule has 0 aromatic heterocycles. The molecule has 0 spiro atoms. The zero-order valence-electron chi connectivity index (χ0n) is 13.4. The van der Waals surface area contributed by atoms with Crippen LogP contribution in [0.3, 0.4) is 0 Å². The lowest BCUT2D eigenvalue weighted by atomic mass is 9.89. The van der Waals surface area contributed by atoms with Gasteiger partial charge in [-0.3, -0.25) is 0 Å². The first-order valence-corrected chi connectivity index (χ1v) is 7.72. The highest BCUT2D eigenvalue weighted by molar-refractivity contribution is 5.76. The third kappa shape index (κ3) is 4.32. The molecule has 0 N–H and O–H groups in total. The van der Waals surface area contributed by atoms with E-state index in [-0.39, 0.29) is 7.43 Å². The standard InChI is InChI=1S/C16H14.2C2H6.CH4/c1-12-15-8-4-2-6-13(15)10-11-14-7-3-5-9-16(12)14;2*1-2;/h2-12H,1H3;2*1-2H3;1H4. The highest BCUT2D eigenvalue weighted by Crippen LogP contribution is 2.33. The first-order chi connectivity index (χ1) is 9.86. The fourth-order valence-electron chi connectivity index (χ4n) is 2.46. The van der Waals surface area contributed by atoms with Crippen molar-refractivity contribution in [3.63, 3.8) is 0 Å². The summed E-state index contributed by atoms with van der Waals surface area (Å²) in [4.78, 5) is 0. The van der Waals surface area contributed by atoms with Crippen LogP contribution in [0.25, 0.3) is 12.2 Å². The summed E-state index contributed by atoms with van der Waals surface area (Å²) in [5.41, 5.74) is 5.52. The molecule has 0 aliphatic heterocycles. The van der Waals surface area contributed by atoms with Gasteiger partial charge < -0.3 is 0 Å². The Hall–Kier alpha value is -1.82. The van der Waals surface area contributed by atoms with Gasteiger partial charge in [0.2, 0.25) is 0 Å². The Bertz CT molecular complexity index is 500. The minimum Gasteiger partial charge on any atom is -0.0776 e. The van der Waals surface area contributed by atoms with Crippen molar-refractivity contribution in [2.24, 2.45) is 0 Å². The van der Waals surface area contributed by atoms with E-state index in [4.69, 9.17) is 0 Å². The maximum absolute atomic E-state index is 2.28. The Balaban J connectivity index is 0.000000741. The van der Waals surface area contributed by atoms with Crippen LogP contribution in [0.5, 0.6) is 0 Å². The summed E-state index contributed by atoms with van der Waals surface area (Å²) in [7, 11) is 0. The van der Waals surface area contributed by atoms with Gasteiger partial charge in [-0.2, -0.15) is 0 Å². The van der Waals surface area contributed by atoms with Crippen LogP contribution >= 0.6 is 0 Å². The predicted octanol–water partition coefficient (Wildman–Crippen LogP) is 7.01. The average molecular weight is 282 g/mol. The second-order valence-corrected chi connectivity index (χ2v) is 4.31. The lowest BCUT2D eigenvalue weighted by Gasteiger charge is -2.14. The van der Waals surface area contributed by atoms with Crippen molar-refractivity contribution in [1.29, 1.82) is 0 Å². The van der Waals surface area contributed by atoms with Crippen LogP contribution in [0.15, 0.2) is 48.5 Å². The van der Waals surface area contributed by atoms with E-state index in [2.05, 4.69) is 67.6 Å². The van der Waals surface area contributed by atoms with Crippen molar-refractivity contribution in [3.8, 4) is 0 Å². The number of rotatable bonds is 0. The molecule has 0 fully saturated rings. The Labute approximate surface area is 131 Å². The van der Waals surface area contributed by atoms with Gasteiger partial charge in [-0.15, -0.1) is 0 Å². The molecule has 0 unspecified atom stereocenters. The Morgan fingerprint density at radius 1 is 0.619 bits per heavy atom. The molecule has 0 radical (unpaired) electrons. The lowest BCUT2D eigenvalue weighted by molar-refractivity contribution is 0.919. The van der Waals surface area contributed by atoms with E-state index in [1.54, 1.807) is 0 Å². The lowest BCUT2D eigenvalue weighted by Crippen LogP contribution is -1.98. The summed E-state index contributed by atoms with van der Waals surface area (Å²) < 4.78 is 0. The van der Waals surface area contributed by atoms with E-state index in [9.17, 15) is 0 Å². The second kappa shape index (κ2) is 9.99. The maximum Gasteiger partial charge on any atom is 0.00728 e. The third-order valence-electron chi connectivity index (χ3n) is 3.37. The van der Waals surface area contributed by atoms with Crippen LogP contribution in [0.1, 0.15) is 70.2 Å². The van der Waals surface area contributed by atoms with Crippen molar-refractivity contribution in [2.75, 3.05) is 0 Å². The second-order valence-electron chi connectivity index (χ2n) is 4.31. The molecule has 0 nitrogen and oxygen atoms in total. The first kappa shape index (κ1) is 19.2. The molecule has 2 aromatic carbocycles. The maximum atomic E-state index is 2.28. The van der Waals surface area contributed by atoms with Gasteiger partial charge in [-0.05, 0) is 22.3 Å². The van der Waals surface area contributed by atoms with Gasteiger partial charge in [-0.25, -0.2) is 0 Å². The van der Waals surface area contributed by atoms with Crippen LogP contribution in [0.4, 0.5) is 0 Å². The SMILES string of the molecule is C.CC.CC.CC1c2ccccc2C=Cc2ccccc21. The number of benzene rings is 2. The summed E-state index contributed by atoms with van der Waals surface area (Å²) in [6.07, 6.45) is 4.44. The van der Waals surface area contributed by atoms with E-state index in [0.717, 1.165) is 0 Å². The molecular weight excluding hydrogens is 252 g/mol. The third-order valence-corrected chi connectivity index (χ3v) is 3.37. The van der Waals surface area contributed by atoms with Gasteiger partial charge >= 0.3 is 0 Å². The normalized spacial score (nSPS) is 11.3. The molecular formula is C21H30. The molecule has 2 aromatic rings. The molecule has 0 saturated carbocycles. The molecule has 1 aliphatic rings. The van der Waals surface area contributed by atoms with Crippen molar-refractivity contribution in [3.05, 3.63) is 70.8 Å². The number of hydrogen-bond donors (Lipinski definition) is 0. The number of fused-ring (bicyclic) bond motifs is 2. The van der Waals surface area contributed by atoms with E-state index in [1.807, 2.05) is 27.7 Å². The van der Waals surface area contributed by atoms with Gasteiger partial charge in [0.25, 0.3) is 0 Å². The Morgan fingerprint density at radius 2 is 0.952 bits per heavy atom. The first-order valence-electron chi connectivity index (χ1n) is 7.72. The van der Waals surface area contributed by atoms with Crippen molar-refractivity contribution in [2.45, 2.75) is 48.0 Å². The highest BCUT2D eigenvalue weighted by Gasteiger charge is 2.15. The smallest absolute Gasteiger partial charge is 0.00728 e. The monoisotopic (exact) mass is 282 g/mol. The van der Waals surface area contributed by atoms with Gasteiger partial charge in [-0.1, -0.05) is 103 Å². The van der Waals surface area contributed by atoms with Gasteiger partial charge in [0.15, 0.2) is 0 Å². The molecule has 0 atom stereocenters. The molecule has 1 aliphatic carbocycles. The zero-order chi connectivity index (χ0) is 15.0. The van der Waals surface area contributed by atoms with Gasteiger partial charge in [0, 0.05) is 5.92 Å². The van der Waals surface area contributed by atoms with Gasteiger partial charge in [0.05, 0.1) is 0 Å². The van der Waals surface area contributed by atoms with E-state index < -0.39 is 0 Å². The van der Waals surface area contributed by atoms with Crippen LogP contribution in [-0.2, 0) is 0 Å². The minimum absolute atomic E-state index is 0. The highest BCUT2D eigenvalue weighted by atomic mass is 14.2. The Kier molecular flexibility index (Phi) is 9.12. The van der Waals surface area contributed by atoms with Crippen LogP contribution in [-0.4, -0.2) is 0 Å². The summed E-state index contributed by atoms with van der Waals surface area (Å²) in [6, 6.07) is 17.3. The summed E-state index contributed by atoms with van der Waals surface area (Å²) in [5, 5.41) is 0. The van der Waals surface area contributed by atoms with Crippen molar-refractivity contribution < 1.29 is 0 Å². The van der Waals surface area contributed by atoms with Crippen LogP contribution in [0, 0.1) is 0 Å². The average Bonchev–Trinajstić information content (AvgIpc) is 2.70. The quantitative estimate of drug-likeness (QED) is 0.487. The van der Waals surface area contributed by atoms with Crippen molar-refractivity contribution in [1.82, 2.24) is 0 Å². The largest absolute Gasteiger partial charge is 0.0776 e. The molecule has 21 heavy (non-hydrogen) atoms. The Morgan fingerprint density at radius 3 is 1.33 bits per heavy atom. The molecule has 114 valence electrons. The fourth-order valence-corrected chi connectivity index (χ4v) is 2.46. The van der Waals surface area contributed by atoms with E-state index in [0.29, 0.717) is 5.92 Å². The van der Waals surface area contributed by atoms with Crippen molar-refractivity contribution >= 4 is 12.2 Å². The molecule has 0 saturated heterocycles. The van der Waals surface area contributed by atoms with Gasteiger partial charge in [0.1, 0.15) is 0 Å². The van der Waals surface area contributed by atoms with Crippen LogP contribution < -0.4 is 0 Å². The topological polar surface area (TPSA) is 0 Å². The summed E-state index contributed by atoms with van der Waals surface area (Å²) in [6.45, 7) is 10.3. The van der Waals surface area contributed by atoms with E-state index in [1.165, 1.54) is 22.3 Å².